The number of ether oxygens (including phenoxy) is 1. The van der Waals surface area contributed by atoms with Gasteiger partial charge in [-0.3, -0.25) is 9.59 Å². The molecule has 2 aromatic carbocycles. The number of hydrogen-bond acceptors (Lipinski definition) is 4. The number of para-hydroxylation sites is 1. The fourth-order valence-electron chi connectivity index (χ4n) is 3.19. The monoisotopic (exact) mass is 366 g/mol. The lowest BCUT2D eigenvalue weighted by Crippen LogP contribution is -2.33. The molecule has 6 heteroatoms. The average molecular weight is 366 g/mol. The zero-order valence-corrected chi connectivity index (χ0v) is 15.4. The fraction of sp³-hybridized carbons (Fsp3) is 0.286. The number of carbonyl (C=O) groups excluding carboxylic acids is 3. The summed E-state index contributed by atoms with van der Waals surface area (Å²) >= 11 is 0. The lowest BCUT2D eigenvalue weighted by Gasteiger charge is -2.17. The van der Waals surface area contributed by atoms with Crippen molar-refractivity contribution in [3.05, 3.63) is 59.7 Å². The molecule has 1 N–H and O–H groups in total. The summed E-state index contributed by atoms with van der Waals surface area (Å²) in [5, 5.41) is 2.70. The highest BCUT2D eigenvalue weighted by molar-refractivity contribution is 6.14. The highest BCUT2D eigenvalue weighted by Crippen LogP contribution is 2.27. The number of aryl methyl sites for hydroxylation is 1. The predicted octanol–water partition coefficient (Wildman–Crippen LogP) is 3.03. The van der Waals surface area contributed by atoms with Crippen molar-refractivity contribution >= 4 is 29.2 Å². The Morgan fingerprint density at radius 2 is 1.85 bits per heavy atom. The van der Waals surface area contributed by atoms with Crippen molar-refractivity contribution in [1.82, 2.24) is 0 Å². The van der Waals surface area contributed by atoms with Gasteiger partial charge in [-0.2, -0.15) is 0 Å². The van der Waals surface area contributed by atoms with Crippen molar-refractivity contribution in [1.29, 1.82) is 0 Å². The Morgan fingerprint density at radius 3 is 2.52 bits per heavy atom. The molecule has 27 heavy (non-hydrogen) atoms. The number of benzene rings is 2. The van der Waals surface area contributed by atoms with Gasteiger partial charge in [-0.05, 0) is 42.7 Å². The summed E-state index contributed by atoms with van der Waals surface area (Å²) in [6, 6.07) is 14.4. The van der Waals surface area contributed by atoms with Crippen molar-refractivity contribution in [2.75, 3.05) is 23.9 Å². The van der Waals surface area contributed by atoms with E-state index in [1.54, 1.807) is 29.2 Å². The van der Waals surface area contributed by atoms with Crippen molar-refractivity contribution < 1.29 is 19.1 Å². The van der Waals surface area contributed by atoms with E-state index in [0.29, 0.717) is 18.7 Å². The Morgan fingerprint density at radius 1 is 1.15 bits per heavy atom. The van der Waals surface area contributed by atoms with E-state index in [-0.39, 0.29) is 11.5 Å². The Balaban J connectivity index is 1.73. The molecule has 0 radical (unpaired) electrons. The molecule has 0 bridgehead atoms. The Labute approximate surface area is 158 Å². The van der Waals surface area contributed by atoms with Gasteiger partial charge in [0.25, 0.3) is 0 Å². The van der Waals surface area contributed by atoms with Crippen LogP contribution in [-0.2, 0) is 20.7 Å². The Bertz CT molecular complexity index is 861. The minimum absolute atomic E-state index is 0.229. The molecule has 1 fully saturated rings. The molecular formula is C21H22N2O4. The van der Waals surface area contributed by atoms with Crippen molar-refractivity contribution in [2.24, 2.45) is 5.92 Å². The van der Waals surface area contributed by atoms with Gasteiger partial charge in [0.15, 0.2) is 0 Å². The number of nitrogens with zero attached hydrogens (tertiary/aromatic N) is 1. The molecule has 1 aliphatic heterocycles. The van der Waals surface area contributed by atoms with E-state index in [9.17, 15) is 14.4 Å². The summed E-state index contributed by atoms with van der Waals surface area (Å²) in [5.41, 5.74) is 2.58. The molecular weight excluding hydrogens is 344 g/mol. The van der Waals surface area contributed by atoms with E-state index in [1.165, 1.54) is 12.7 Å². The van der Waals surface area contributed by atoms with E-state index >= 15 is 0 Å². The maximum absolute atomic E-state index is 12.7. The Kier molecular flexibility index (Phi) is 5.54. The number of rotatable bonds is 5. The summed E-state index contributed by atoms with van der Waals surface area (Å²) in [7, 11) is 1.28. The van der Waals surface area contributed by atoms with Gasteiger partial charge in [0, 0.05) is 12.2 Å². The van der Waals surface area contributed by atoms with Crippen LogP contribution < -0.4 is 10.2 Å². The first kappa shape index (κ1) is 18.6. The molecule has 2 amide bonds. The summed E-state index contributed by atoms with van der Waals surface area (Å²) in [5.74, 6) is -1.96. The van der Waals surface area contributed by atoms with Crippen LogP contribution in [0.25, 0.3) is 0 Å². The van der Waals surface area contributed by atoms with Gasteiger partial charge < -0.3 is 15.0 Å². The first-order chi connectivity index (χ1) is 13.0. The molecule has 140 valence electrons. The van der Waals surface area contributed by atoms with Crippen LogP contribution in [-0.4, -0.2) is 31.4 Å². The number of carbonyl (C=O) groups is 3. The van der Waals surface area contributed by atoms with Crippen LogP contribution in [0.15, 0.2) is 48.5 Å². The van der Waals surface area contributed by atoms with E-state index in [1.807, 2.05) is 24.3 Å². The van der Waals surface area contributed by atoms with E-state index < -0.39 is 17.8 Å². The molecule has 1 atom stereocenters. The molecule has 0 saturated carbocycles. The maximum atomic E-state index is 12.7. The summed E-state index contributed by atoms with van der Waals surface area (Å²) < 4.78 is 4.73. The zero-order chi connectivity index (χ0) is 19.4. The molecule has 3 rings (SSSR count). The molecule has 1 unspecified atom stereocenters. The van der Waals surface area contributed by atoms with E-state index in [4.69, 9.17) is 4.74 Å². The molecule has 0 aliphatic carbocycles. The first-order valence-electron chi connectivity index (χ1n) is 8.93. The highest BCUT2D eigenvalue weighted by Gasteiger charge is 2.37. The normalized spacial score (nSPS) is 16.3. The topological polar surface area (TPSA) is 75.7 Å². The largest absolute Gasteiger partial charge is 0.465 e. The number of methoxy groups -OCH3 is 1. The molecule has 2 aromatic rings. The lowest BCUT2D eigenvalue weighted by atomic mass is 10.1. The predicted molar refractivity (Wildman–Crippen MR) is 103 cm³/mol. The second-order valence-electron chi connectivity index (χ2n) is 6.38. The van der Waals surface area contributed by atoms with Crippen molar-refractivity contribution in [3.8, 4) is 0 Å². The van der Waals surface area contributed by atoms with Crippen LogP contribution in [0.3, 0.4) is 0 Å². The SMILES string of the molecule is CCc1ccc(N2CCC(C(=O)Nc3ccccc3C(=O)OC)C2=O)cc1. The number of nitrogens with one attached hydrogen (secondary N) is 1. The summed E-state index contributed by atoms with van der Waals surface area (Å²) in [6.07, 6.45) is 1.36. The van der Waals surface area contributed by atoms with Gasteiger partial charge in [-0.15, -0.1) is 0 Å². The second kappa shape index (κ2) is 8.03. The number of hydrogen-bond donors (Lipinski definition) is 1. The Hall–Kier alpha value is -3.15. The van der Waals surface area contributed by atoms with Crippen LogP contribution in [0, 0.1) is 5.92 Å². The molecule has 0 spiro atoms. The zero-order valence-electron chi connectivity index (χ0n) is 15.4. The van der Waals surface area contributed by atoms with Crippen LogP contribution in [0.2, 0.25) is 0 Å². The van der Waals surface area contributed by atoms with E-state index in [2.05, 4.69) is 12.2 Å². The maximum Gasteiger partial charge on any atom is 0.339 e. The van der Waals surface area contributed by atoms with Gasteiger partial charge in [-0.25, -0.2) is 4.79 Å². The quantitative estimate of drug-likeness (QED) is 0.652. The van der Waals surface area contributed by atoms with Crippen LogP contribution in [0.4, 0.5) is 11.4 Å². The summed E-state index contributed by atoms with van der Waals surface area (Å²) in [4.78, 5) is 38.9. The number of amides is 2. The van der Waals surface area contributed by atoms with Gasteiger partial charge in [0.05, 0.1) is 18.4 Å². The highest BCUT2D eigenvalue weighted by atomic mass is 16.5. The lowest BCUT2D eigenvalue weighted by molar-refractivity contribution is -0.129. The smallest absolute Gasteiger partial charge is 0.339 e. The van der Waals surface area contributed by atoms with Crippen molar-refractivity contribution in [3.63, 3.8) is 0 Å². The van der Waals surface area contributed by atoms with Gasteiger partial charge in [0.1, 0.15) is 5.92 Å². The second-order valence-corrected chi connectivity index (χ2v) is 6.38. The fourth-order valence-corrected chi connectivity index (χ4v) is 3.19. The molecule has 6 nitrogen and oxygen atoms in total. The van der Waals surface area contributed by atoms with Crippen LogP contribution >= 0.6 is 0 Å². The van der Waals surface area contributed by atoms with Gasteiger partial charge in [0.2, 0.25) is 11.8 Å². The average Bonchev–Trinajstić information content (AvgIpc) is 3.09. The number of anilines is 2. The standard InChI is InChI=1S/C21H22N2O4/c1-3-14-8-10-15(11-9-14)23-13-12-17(20(23)25)19(24)22-18-7-5-4-6-16(18)21(26)27-2/h4-11,17H,3,12-13H2,1-2H3,(H,22,24). The minimum atomic E-state index is -0.776. The van der Waals surface area contributed by atoms with Crippen LogP contribution in [0.5, 0.6) is 0 Å². The minimum Gasteiger partial charge on any atom is -0.465 e. The van der Waals surface area contributed by atoms with Gasteiger partial charge in [-0.1, -0.05) is 31.2 Å². The summed E-state index contributed by atoms with van der Waals surface area (Å²) in [6.45, 7) is 2.56. The third kappa shape index (κ3) is 3.84. The molecule has 1 saturated heterocycles. The van der Waals surface area contributed by atoms with Crippen LogP contribution in [0.1, 0.15) is 29.3 Å². The molecule has 1 aliphatic rings. The molecule has 0 aromatic heterocycles. The molecule has 1 heterocycles. The number of esters is 1. The third-order valence-electron chi connectivity index (χ3n) is 4.77. The van der Waals surface area contributed by atoms with Crippen molar-refractivity contribution in [2.45, 2.75) is 19.8 Å². The third-order valence-corrected chi connectivity index (χ3v) is 4.77. The van der Waals surface area contributed by atoms with E-state index in [0.717, 1.165) is 12.1 Å². The first-order valence-corrected chi connectivity index (χ1v) is 8.93. The van der Waals surface area contributed by atoms with Gasteiger partial charge >= 0.3 is 5.97 Å².